The molecule has 0 radical (unpaired) electrons. The van der Waals surface area contributed by atoms with Crippen molar-refractivity contribution in [3.8, 4) is 0 Å². The second-order valence-electron chi connectivity index (χ2n) is 6.31. The number of hydrogen-bond donors (Lipinski definition) is 2. The Kier molecular flexibility index (Phi) is 6.26. The molecule has 5 nitrogen and oxygen atoms in total. The van der Waals surface area contributed by atoms with Crippen LogP contribution >= 0.6 is 0 Å². The van der Waals surface area contributed by atoms with Gasteiger partial charge in [0.25, 0.3) is 0 Å². The summed E-state index contributed by atoms with van der Waals surface area (Å²) >= 11 is 0. The van der Waals surface area contributed by atoms with Gasteiger partial charge in [-0.3, -0.25) is 0 Å². The first-order valence-electron chi connectivity index (χ1n) is 7.89. The van der Waals surface area contributed by atoms with Crippen molar-refractivity contribution in [2.75, 3.05) is 38.5 Å². The molecular weight excluding hydrogens is 276 g/mol. The number of rotatable bonds is 7. The smallest absolute Gasteiger partial charge is 0.211 e. The molecular formula is C14H28N2O3S. The molecule has 1 unspecified atom stereocenters. The average molecular weight is 304 g/mol. The Balaban J connectivity index is 1.72. The van der Waals surface area contributed by atoms with Gasteiger partial charge in [-0.1, -0.05) is 12.8 Å². The molecule has 0 amide bonds. The SMILES string of the molecule is O=S(=O)(CC1CCCC1)NCC1CCCN(CCO)C1. The lowest BCUT2D eigenvalue weighted by atomic mass is 9.98. The minimum Gasteiger partial charge on any atom is -0.395 e. The van der Waals surface area contributed by atoms with E-state index in [0.717, 1.165) is 38.8 Å². The van der Waals surface area contributed by atoms with Gasteiger partial charge < -0.3 is 10.0 Å². The summed E-state index contributed by atoms with van der Waals surface area (Å²) in [6.45, 7) is 3.35. The lowest BCUT2D eigenvalue weighted by Gasteiger charge is -2.32. The predicted molar refractivity (Wildman–Crippen MR) is 80.0 cm³/mol. The van der Waals surface area contributed by atoms with E-state index in [1.165, 1.54) is 12.8 Å². The van der Waals surface area contributed by atoms with Crippen LogP contribution in [-0.4, -0.2) is 57.0 Å². The van der Waals surface area contributed by atoms with Gasteiger partial charge in [0.1, 0.15) is 0 Å². The van der Waals surface area contributed by atoms with Gasteiger partial charge in [0.15, 0.2) is 0 Å². The van der Waals surface area contributed by atoms with Crippen LogP contribution in [0, 0.1) is 11.8 Å². The molecule has 6 heteroatoms. The van der Waals surface area contributed by atoms with Gasteiger partial charge in [-0.05, 0) is 44.1 Å². The van der Waals surface area contributed by atoms with E-state index in [2.05, 4.69) is 9.62 Å². The van der Waals surface area contributed by atoms with Gasteiger partial charge in [0.2, 0.25) is 10.0 Å². The van der Waals surface area contributed by atoms with Gasteiger partial charge in [0.05, 0.1) is 12.4 Å². The minimum absolute atomic E-state index is 0.181. The van der Waals surface area contributed by atoms with Crippen molar-refractivity contribution in [3.05, 3.63) is 0 Å². The van der Waals surface area contributed by atoms with Crippen LogP contribution in [0.2, 0.25) is 0 Å². The Hall–Kier alpha value is -0.170. The molecule has 1 heterocycles. The normalized spacial score (nSPS) is 26.1. The molecule has 2 aliphatic rings. The molecule has 0 spiro atoms. The Morgan fingerprint density at radius 1 is 1.10 bits per heavy atom. The average Bonchev–Trinajstić information content (AvgIpc) is 2.90. The quantitative estimate of drug-likeness (QED) is 0.730. The van der Waals surface area contributed by atoms with Crippen LogP contribution in [0.5, 0.6) is 0 Å². The van der Waals surface area contributed by atoms with Crippen LogP contribution in [-0.2, 0) is 10.0 Å². The van der Waals surface area contributed by atoms with E-state index in [-0.39, 0.29) is 6.61 Å². The first-order chi connectivity index (χ1) is 9.59. The summed E-state index contributed by atoms with van der Waals surface area (Å²) < 4.78 is 26.9. The van der Waals surface area contributed by atoms with Crippen LogP contribution < -0.4 is 4.72 Å². The third-order valence-corrected chi connectivity index (χ3v) is 6.06. The fraction of sp³-hybridized carbons (Fsp3) is 1.00. The van der Waals surface area contributed by atoms with Crippen molar-refractivity contribution in [3.63, 3.8) is 0 Å². The number of hydrogen-bond acceptors (Lipinski definition) is 4. The maximum absolute atomic E-state index is 12.1. The van der Waals surface area contributed by atoms with Crippen molar-refractivity contribution >= 4 is 10.0 Å². The Morgan fingerprint density at radius 3 is 2.50 bits per heavy atom. The van der Waals surface area contributed by atoms with Gasteiger partial charge in [-0.2, -0.15) is 0 Å². The topological polar surface area (TPSA) is 69.6 Å². The molecule has 2 fully saturated rings. The second kappa shape index (κ2) is 7.73. The summed E-state index contributed by atoms with van der Waals surface area (Å²) in [5, 5.41) is 8.97. The maximum atomic E-state index is 12.1. The Bertz CT molecular complexity index is 378. The molecule has 1 saturated heterocycles. The second-order valence-corrected chi connectivity index (χ2v) is 8.16. The first-order valence-corrected chi connectivity index (χ1v) is 9.55. The summed E-state index contributed by atoms with van der Waals surface area (Å²) in [5.74, 6) is 1.05. The van der Waals surface area contributed by atoms with Crippen molar-refractivity contribution in [1.82, 2.24) is 9.62 Å². The third-order valence-electron chi connectivity index (χ3n) is 4.54. The van der Waals surface area contributed by atoms with Gasteiger partial charge in [-0.15, -0.1) is 0 Å². The monoisotopic (exact) mass is 304 g/mol. The van der Waals surface area contributed by atoms with E-state index in [4.69, 9.17) is 5.11 Å². The lowest BCUT2D eigenvalue weighted by Crippen LogP contribution is -2.42. The van der Waals surface area contributed by atoms with Crippen LogP contribution in [0.1, 0.15) is 38.5 Å². The van der Waals surface area contributed by atoms with Crippen molar-refractivity contribution in [1.29, 1.82) is 0 Å². The van der Waals surface area contributed by atoms with E-state index in [0.29, 0.717) is 30.7 Å². The number of aliphatic hydroxyl groups excluding tert-OH is 1. The molecule has 118 valence electrons. The molecule has 0 aromatic rings. The Labute approximate surface area is 122 Å². The molecule has 2 N–H and O–H groups in total. The number of β-amino-alcohol motifs (C(OH)–C–C–N with tert-alkyl or cyclic N) is 1. The summed E-state index contributed by atoms with van der Waals surface area (Å²) in [6, 6.07) is 0. The molecule has 1 aliphatic carbocycles. The largest absolute Gasteiger partial charge is 0.395 e. The highest BCUT2D eigenvalue weighted by molar-refractivity contribution is 7.89. The van der Waals surface area contributed by atoms with Crippen molar-refractivity contribution < 1.29 is 13.5 Å². The molecule has 0 aromatic heterocycles. The standard InChI is InChI=1S/C14H28N2O3S/c17-9-8-16-7-3-6-14(11-16)10-15-20(18,19)12-13-4-1-2-5-13/h13-15,17H,1-12H2. The lowest BCUT2D eigenvalue weighted by molar-refractivity contribution is 0.141. The summed E-state index contributed by atoms with van der Waals surface area (Å²) in [5.41, 5.74) is 0. The van der Waals surface area contributed by atoms with Crippen LogP contribution in [0.25, 0.3) is 0 Å². The van der Waals surface area contributed by atoms with Gasteiger partial charge in [-0.25, -0.2) is 13.1 Å². The summed E-state index contributed by atoms with van der Waals surface area (Å²) in [7, 11) is -3.11. The van der Waals surface area contributed by atoms with Crippen LogP contribution in [0.4, 0.5) is 0 Å². The van der Waals surface area contributed by atoms with Crippen LogP contribution in [0.3, 0.4) is 0 Å². The summed E-state index contributed by atoms with van der Waals surface area (Å²) in [6.07, 6.45) is 6.66. The molecule has 1 saturated carbocycles. The highest BCUT2D eigenvalue weighted by atomic mass is 32.2. The zero-order valence-electron chi connectivity index (χ0n) is 12.3. The third kappa shape index (κ3) is 5.31. The van der Waals surface area contributed by atoms with E-state index in [1.807, 2.05) is 0 Å². The fourth-order valence-corrected chi connectivity index (χ4v) is 5.01. The highest BCUT2D eigenvalue weighted by Crippen LogP contribution is 2.25. The van der Waals surface area contributed by atoms with E-state index in [1.54, 1.807) is 0 Å². The number of aliphatic hydroxyl groups is 1. The maximum Gasteiger partial charge on any atom is 0.211 e. The highest BCUT2D eigenvalue weighted by Gasteiger charge is 2.24. The number of piperidine rings is 1. The summed E-state index contributed by atoms with van der Waals surface area (Å²) in [4.78, 5) is 2.22. The molecule has 0 bridgehead atoms. The van der Waals surface area contributed by atoms with E-state index >= 15 is 0 Å². The first kappa shape index (κ1) is 16.2. The van der Waals surface area contributed by atoms with Crippen molar-refractivity contribution in [2.24, 2.45) is 11.8 Å². The predicted octanol–water partition coefficient (Wildman–Crippen LogP) is 0.800. The van der Waals surface area contributed by atoms with Crippen molar-refractivity contribution in [2.45, 2.75) is 38.5 Å². The fourth-order valence-electron chi connectivity index (χ4n) is 3.45. The molecule has 1 atom stereocenters. The van der Waals surface area contributed by atoms with Gasteiger partial charge in [0, 0.05) is 19.6 Å². The molecule has 2 rings (SSSR count). The van der Waals surface area contributed by atoms with E-state index in [9.17, 15) is 8.42 Å². The molecule has 0 aromatic carbocycles. The number of nitrogens with one attached hydrogen (secondary N) is 1. The van der Waals surface area contributed by atoms with Gasteiger partial charge >= 0.3 is 0 Å². The van der Waals surface area contributed by atoms with Crippen LogP contribution in [0.15, 0.2) is 0 Å². The zero-order chi connectivity index (χ0) is 14.4. The number of likely N-dealkylation sites (tertiary alicyclic amines) is 1. The number of sulfonamides is 1. The minimum atomic E-state index is -3.11. The zero-order valence-corrected chi connectivity index (χ0v) is 13.1. The van der Waals surface area contributed by atoms with E-state index < -0.39 is 10.0 Å². The number of nitrogens with zero attached hydrogens (tertiary/aromatic N) is 1. The molecule has 20 heavy (non-hydrogen) atoms. The Morgan fingerprint density at radius 2 is 1.80 bits per heavy atom. The molecule has 1 aliphatic heterocycles.